The second-order valence-corrected chi connectivity index (χ2v) is 8.06. The lowest BCUT2D eigenvalue weighted by Gasteiger charge is -2.02. The standard InChI is InChI=1S/C18H16N4O3S2/c1-25-15-10-7-13(8-11-15)9-12-16(14-5-3-2-4-6-14)20-17-21-22-18(26-17)27(19,23)24/h2-12H,1H3,(H2,19,23,24)/b12-9+,20-16-. The molecule has 1 aromatic heterocycles. The number of aliphatic imine (C=N–C) groups is 1. The van der Waals surface area contributed by atoms with Gasteiger partial charge in [-0.1, -0.05) is 59.9 Å². The fraction of sp³-hybridized carbons (Fsp3) is 0.0556. The molecule has 0 radical (unpaired) electrons. The number of benzene rings is 2. The molecule has 0 aliphatic carbocycles. The van der Waals surface area contributed by atoms with E-state index in [2.05, 4.69) is 15.2 Å². The smallest absolute Gasteiger partial charge is 0.267 e. The number of nitrogens with two attached hydrogens (primary N) is 1. The Morgan fingerprint density at radius 1 is 1.11 bits per heavy atom. The molecule has 0 spiro atoms. The van der Waals surface area contributed by atoms with Crippen molar-refractivity contribution in [3.63, 3.8) is 0 Å². The minimum Gasteiger partial charge on any atom is -0.497 e. The Bertz CT molecular complexity index is 1070. The van der Waals surface area contributed by atoms with Gasteiger partial charge in [-0.2, -0.15) is 0 Å². The Morgan fingerprint density at radius 3 is 2.41 bits per heavy atom. The number of nitrogens with zero attached hydrogens (tertiary/aromatic N) is 3. The lowest BCUT2D eigenvalue weighted by molar-refractivity contribution is 0.415. The van der Waals surface area contributed by atoms with Crippen molar-refractivity contribution in [1.29, 1.82) is 0 Å². The van der Waals surface area contributed by atoms with E-state index in [0.29, 0.717) is 5.71 Å². The average Bonchev–Trinajstić information content (AvgIpc) is 3.15. The van der Waals surface area contributed by atoms with Crippen LogP contribution in [0, 0.1) is 0 Å². The zero-order valence-electron chi connectivity index (χ0n) is 14.3. The molecule has 0 saturated carbocycles. The fourth-order valence-corrected chi connectivity index (χ4v) is 3.47. The third-order valence-corrected chi connectivity index (χ3v) is 5.60. The molecule has 0 atom stereocenters. The molecular formula is C18H16N4O3S2. The molecule has 138 valence electrons. The number of methoxy groups -OCH3 is 1. The van der Waals surface area contributed by atoms with E-state index in [9.17, 15) is 8.42 Å². The minimum absolute atomic E-state index is 0.206. The first-order chi connectivity index (χ1) is 13.0. The van der Waals surface area contributed by atoms with E-state index < -0.39 is 10.0 Å². The predicted molar refractivity (Wildman–Crippen MR) is 106 cm³/mol. The maximum atomic E-state index is 11.4. The van der Waals surface area contributed by atoms with Crippen LogP contribution < -0.4 is 9.88 Å². The number of sulfonamides is 1. The van der Waals surface area contributed by atoms with Crippen molar-refractivity contribution in [2.75, 3.05) is 7.11 Å². The van der Waals surface area contributed by atoms with Crippen LogP contribution in [0.15, 0.2) is 70.0 Å². The normalized spacial score (nSPS) is 12.4. The number of ether oxygens (including phenoxy) is 1. The van der Waals surface area contributed by atoms with Crippen molar-refractivity contribution in [3.05, 3.63) is 71.8 Å². The molecule has 0 fully saturated rings. The Labute approximate surface area is 160 Å². The third-order valence-electron chi connectivity index (χ3n) is 3.47. The molecule has 2 N–H and O–H groups in total. The van der Waals surface area contributed by atoms with Gasteiger partial charge in [0.25, 0.3) is 10.0 Å². The van der Waals surface area contributed by atoms with Crippen LogP contribution in [0.3, 0.4) is 0 Å². The molecule has 0 saturated heterocycles. The molecule has 0 unspecified atom stereocenters. The molecule has 2 aromatic carbocycles. The molecule has 7 nitrogen and oxygen atoms in total. The van der Waals surface area contributed by atoms with Crippen LogP contribution in [-0.2, 0) is 10.0 Å². The number of hydrogen-bond donors (Lipinski definition) is 1. The summed E-state index contributed by atoms with van der Waals surface area (Å²) in [5, 5.41) is 12.7. The average molecular weight is 400 g/mol. The fourth-order valence-electron chi connectivity index (χ4n) is 2.16. The van der Waals surface area contributed by atoms with Crippen LogP contribution in [0.2, 0.25) is 0 Å². The molecule has 3 aromatic rings. The third kappa shape index (κ3) is 5.07. The van der Waals surface area contributed by atoms with Crippen LogP contribution in [0.25, 0.3) is 6.08 Å². The van der Waals surface area contributed by atoms with E-state index in [-0.39, 0.29) is 9.47 Å². The Balaban J connectivity index is 1.96. The highest BCUT2D eigenvalue weighted by molar-refractivity contribution is 7.91. The lowest BCUT2D eigenvalue weighted by Crippen LogP contribution is -2.11. The number of allylic oxidation sites excluding steroid dienone is 1. The second-order valence-electron chi connectivity index (χ2n) is 5.37. The summed E-state index contributed by atoms with van der Waals surface area (Å²) in [5.74, 6) is 0.772. The second kappa shape index (κ2) is 8.21. The maximum absolute atomic E-state index is 11.4. The molecule has 1 heterocycles. The maximum Gasteiger partial charge on any atom is 0.267 e. The van der Waals surface area contributed by atoms with Crippen LogP contribution in [0.5, 0.6) is 5.75 Å². The summed E-state index contributed by atoms with van der Waals surface area (Å²) in [5.41, 5.74) is 2.43. The van der Waals surface area contributed by atoms with Gasteiger partial charge in [-0.25, -0.2) is 18.5 Å². The van der Waals surface area contributed by atoms with E-state index in [1.165, 1.54) is 0 Å². The summed E-state index contributed by atoms with van der Waals surface area (Å²) in [7, 11) is -2.28. The van der Waals surface area contributed by atoms with Crippen LogP contribution in [0.1, 0.15) is 11.1 Å². The van der Waals surface area contributed by atoms with Gasteiger partial charge in [-0.15, -0.1) is 10.2 Å². The Hall–Kier alpha value is -2.88. The van der Waals surface area contributed by atoms with Crippen LogP contribution >= 0.6 is 11.3 Å². The van der Waals surface area contributed by atoms with Crippen molar-refractivity contribution in [2.45, 2.75) is 4.34 Å². The van der Waals surface area contributed by atoms with Gasteiger partial charge in [0.1, 0.15) is 5.75 Å². The Morgan fingerprint density at radius 2 is 1.81 bits per heavy atom. The highest BCUT2D eigenvalue weighted by Crippen LogP contribution is 2.23. The van der Waals surface area contributed by atoms with Gasteiger partial charge >= 0.3 is 0 Å². The first-order valence-electron chi connectivity index (χ1n) is 7.78. The highest BCUT2D eigenvalue weighted by Gasteiger charge is 2.15. The molecule has 0 aliphatic rings. The van der Waals surface area contributed by atoms with Gasteiger partial charge in [0.15, 0.2) is 0 Å². The van der Waals surface area contributed by atoms with E-state index in [1.54, 1.807) is 7.11 Å². The number of hydrogen-bond acceptors (Lipinski definition) is 7. The van der Waals surface area contributed by atoms with Gasteiger partial charge in [-0.3, -0.25) is 0 Å². The predicted octanol–water partition coefficient (Wildman–Crippen LogP) is 3.03. The molecule has 3 rings (SSSR count). The SMILES string of the molecule is COc1ccc(/C=C/C(=N/c2nnc(S(N)(=O)=O)s2)c2ccccc2)cc1. The molecular weight excluding hydrogens is 384 g/mol. The summed E-state index contributed by atoms with van der Waals surface area (Å²) >= 11 is 0.816. The minimum atomic E-state index is -3.90. The van der Waals surface area contributed by atoms with Gasteiger partial charge in [0.05, 0.1) is 12.8 Å². The summed E-state index contributed by atoms with van der Waals surface area (Å²) in [6, 6.07) is 17.0. The van der Waals surface area contributed by atoms with E-state index in [4.69, 9.17) is 9.88 Å². The summed E-state index contributed by atoms with van der Waals surface area (Å²) in [6.45, 7) is 0. The lowest BCUT2D eigenvalue weighted by atomic mass is 10.1. The summed E-state index contributed by atoms with van der Waals surface area (Å²) < 4.78 is 27.6. The topological polar surface area (TPSA) is 108 Å². The van der Waals surface area contributed by atoms with E-state index in [1.807, 2.05) is 66.7 Å². The largest absolute Gasteiger partial charge is 0.497 e. The molecule has 0 bridgehead atoms. The quantitative estimate of drug-likeness (QED) is 0.640. The Kier molecular flexibility index (Phi) is 5.75. The van der Waals surface area contributed by atoms with E-state index in [0.717, 1.165) is 28.2 Å². The van der Waals surface area contributed by atoms with Crippen molar-refractivity contribution in [2.24, 2.45) is 10.1 Å². The van der Waals surface area contributed by atoms with Crippen molar-refractivity contribution >= 4 is 38.3 Å². The first kappa shape index (κ1) is 18.9. The zero-order valence-corrected chi connectivity index (χ0v) is 15.9. The van der Waals surface area contributed by atoms with Crippen molar-refractivity contribution in [3.8, 4) is 5.75 Å². The van der Waals surface area contributed by atoms with Gasteiger partial charge < -0.3 is 4.74 Å². The molecule has 27 heavy (non-hydrogen) atoms. The monoisotopic (exact) mass is 400 g/mol. The van der Waals surface area contributed by atoms with Gasteiger partial charge in [0, 0.05) is 5.56 Å². The molecule has 0 aliphatic heterocycles. The number of primary sulfonamides is 1. The highest BCUT2D eigenvalue weighted by atomic mass is 32.2. The zero-order chi connectivity index (χ0) is 19.3. The van der Waals surface area contributed by atoms with E-state index >= 15 is 0 Å². The van der Waals surface area contributed by atoms with Crippen molar-refractivity contribution in [1.82, 2.24) is 10.2 Å². The molecule has 0 amide bonds. The van der Waals surface area contributed by atoms with Gasteiger partial charge in [-0.05, 0) is 23.8 Å². The number of aromatic nitrogens is 2. The molecule has 9 heteroatoms. The summed E-state index contributed by atoms with van der Waals surface area (Å²) in [6.07, 6.45) is 3.72. The van der Waals surface area contributed by atoms with Crippen LogP contribution in [0.4, 0.5) is 5.13 Å². The van der Waals surface area contributed by atoms with Crippen molar-refractivity contribution < 1.29 is 13.2 Å². The van der Waals surface area contributed by atoms with Gasteiger partial charge in [0.2, 0.25) is 9.47 Å². The first-order valence-corrected chi connectivity index (χ1v) is 10.1. The summed E-state index contributed by atoms with van der Waals surface area (Å²) in [4.78, 5) is 4.44. The van der Waals surface area contributed by atoms with Crippen LogP contribution in [-0.4, -0.2) is 31.4 Å². The number of rotatable bonds is 6.